The molecule has 32 heavy (non-hydrogen) atoms. The molecule has 174 valence electrons. The van der Waals surface area contributed by atoms with E-state index in [1.165, 1.54) is 0 Å². The lowest BCUT2D eigenvalue weighted by Crippen LogP contribution is -2.42. The fraction of sp³-hybridized carbons (Fsp3) is 0.458. The van der Waals surface area contributed by atoms with Crippen molar-refractivity contribution in [1.29, 1.82) is 0 Å². The van der Waals surface area contributed by atoms with Gasteiger partial charge in [-0.2, -0.15) is 4.31 Å². The molecule has 0 saturated heterocycles. The monoisotopic (exact) mass is 478 g/mol. The summed E-state index contributed by atoms with van der Waals surface area (Å²) in [5, 5.41) is 12.3. The summed E-state index contributed by atoms with van der Waals surface area (Å²) in [6.07, 6.45) is 3.77. The lowest BCUT2D eigenvalue weighted by atomic mass is 9.87. The van der Waals surface area contributed by atoms with E-state index < -0.39 is 10.0 Å². The zero-order chi connectivity index (χ0) is 23.3. The normalized spacial score (nSPS) is 20.2. The number of benzene rings is 2. The van der Waals surface area contributed by atoms with Crippen LogP contribution < -0.4 is 5.32 Å². The number of amides is 1. The molecule has 2 aromatic carbocycles. The van der Waals surface area contributed by atoms with Crippen LogP contribution >= 0.6 is 11.6 Å². The number of rotatable bonds is 8. The van der Waals surface area contributed by atoms with Crippen molar-refractivity contribution in [2.45, 2.75) is 63.1 Å². The molecule has 0 spiro atoms. The van der Waals surface area contributed by atoms with E-state index >= 15 is 0 Å². The van der Waals surface area contributed by atoms with E-state index in [4.69, 9.17) is 16.7 Å². The Labute approximate surface area is 195 Å². The van der Waals surface area contributed by atoms with Gasteiger partial charge in [0.15, 0.2) is 0 Å². The number of sulfonamides is 1. The average molecular weight is 479 g/mol. The van der Waals surface area contributed by atoms with Gasteiger partial charge in [-0.3, -0.25) is 4.79 Å². The summed E-state index contributed by atoms with van der Waals surface area (Å²) in [4.78, 5) is 12.5. The first kappa shape index (κ1) is 24.7. The van der Waals surface area contributed by atoms with E-state index in [9.17, 15) is 13.2 Å². The molecule has 0 aromatic heterocycles. The number of hydrogen-bond acceptors (Lipinski definition) is 4. The molecule has 1 amide bonds. The average Bonchev–Trinajstić information content (AvgIpc) is 2.77. The number of nitrogens with zero attached hydrogens (tertiary/aromatic N) is 1. The third-order valence-corrected chi connectivity index (χ3v) is 8.11. The Morgan fingerprint density at radius 2 is 1.81 bits per heavy atom. The predicted molar refractivity (Wildman–Crippen MR) is 126 cm³/mol. The Kier molecular flexibility index (Phi) is 8.33. The quantitative estimate of drug-likeness (QED) is 0.594. The van der Waals surface area contributed by atoms with Gasteiger partial charge in [0, 0.05) is 29.2 Å². The molecule has 3 atom stereocenters. The second-order valence-corrected chi connectivity index (χ2v) is 11.0. The number of carbonyl (C=O) groups is 1. The van der Waals surface area contributed by atoms with Crippen molar-refractivity contribution in [2.75, 3.05) is 6.61 Å². The van der Waals surface area contributed by atoms with Gasteiger partial charge in [-0.25, -0.2) is 8.42 Å². The van der Waals surface area contributed by atoms with Gasteiger partial charge in [-0.15, -0.1) is 0 Å². The van der Waals surface area contributed by atoms with Crippen LogP contribution in [0.2, 0.25) is 5.02 Å². The number of hydrogen-bond donors (Lipinski definition) is 2. The Hall–Kier alpha value is -1.93. The van der Waals surface area contributed by atoms with E-state index in [-0.39, 0.29) is 36.0 Å². The standard InChI is InChI=1S/C24H31ClN2O4S/c1-17-4-3-5-22(14-17)27(32(30,31)23-12-10-21(25)11-13-23)15-19-6-8-20(9-7-19)24(29)26-18(2)16-28/h6-13,17-18,22,28H,3-5,14-16H2,1-2H3,(H,26,29)/t17?,18-,22?/m1/s1. The molecule has 0 bridgehead atoms. The third-order valence-electron chi connectivity index (χ3n) is 5.94. The highest BCUT2D eigenvalue weighted by Crippen LogP contribution is 2.32. The molecule has 8 heteroatoms. The van der Waals surface area contributed by atoms with E-state index in [0.29, 0.717) is 16.5 Å². The van der Waals surface area contributed by atoms with Crippen molar-refractivity contribution in [1.82, 2.24) is 9.62 Å². The summed E-state index contributed by atoms with van der Waals surface area (Å²) in [6, 6.07) is 12.8. The number of aliphatic hydroxyl groups excluding tert-OH is 1. The number of nitrogens with one attached hydrogen (secondary N) is 1. The molecule has 1 aliphatic rings. The molecule has 0 radical (unpaired) electrons. The summed E-state index contributed by atoms with van der Waals surface area (Å²) in [7, 11) is -3.72. The Bertz CT molecular complexity index is 1010. The maximum absolute atomic E-state index is 13.6. The number of carbonyl (C=O) groups excluding carboxylic acids is 1. The van der Waals surface area contributed by atoms with Crippen LogP contribution in [0.5, 0.6) is 0 Å². The molecule has 2 unspecified atom stereocenters. The third kappa shape index (κ3) is 6.10. The molecule has 2 N–H and O–H groups in total. The zero-order valence-electron chi connectivity index (χ0n) is 18.5. The van der Waals surface area contributed by atoms with Crippen LogP contribution in [0.3, 0.4) is 0 Å². The topological polar surface area (TPSA) is 86.7 Å². The maximum Gasteiger partial charge on any atom is 0.251 e. The van der Waals surface area contributed by atoms with Crippen LogP contribution in [0, 0.1) is 5.92 Å². The van der Waals surface area contributed by atoms with Crippen LogP contribution in [0.25, 0.3) is 0 Å². The summed E-state index contributed by atoms with van der Waals surface area (Å²) in [5.74, 6) is 0.195. The molecule has 0 aliphatic heterocycles. The number of aliphatic hydroxyl groups is 1. The largest absolute Gasteiger partial charge is 0.394 e. The lowest BCUT2D eigenvalue weighted by Gasteiger charge is -2.36. The molecule has 2 aromatic rings. The van der Waals surface area contributed by atoms with Crippen molar-refractivity contribution in [3.8, 4) is 0 Å². The first-order valence-electron chi connectivity index (χ1n) is 11.0. The number of halogens is 1. The van der Waals surface area contributed by atoms with Crippen molar-refractivity contribution < 1.29 is 18.3 Å². The molecule has 1 aliphatic carbocycles. The van der Waals surface area contributed by atoms with Crippen LogP contribution in [-0.2, 0) is 16.6 Å². The first-order valence-corrected chi connectivity index (χ1v) is 12.8. The molecule has 3 rings (SSSR count). The summed E-state index contributed by atoms with van der Waals surface area (Å²) in [5.41, 5.74) is 1.28. The predicted octanol–water partition coefficient (Wildman–Crippen LogP) is 4.22. The zero-order valence-corrected chi connectivity index (χ0v) is 20.1. The van der Waals surface area contributed by atoms with Crippen LogP contribution in [0.4, 0.5) is 0 Å². The van der Waals surface area contributed by atoms with Crippen molar-refractivity contribution in [3.63, 3.8) is 0 Å². The SMILES string of the molecule is CC1CCCC(N(Cc2ccc(C(=O)N[C@H](C)CO)cc2)S(=O)(=O)c2ccc(Cl)cc2)C1. The van der Waals surface area contributed by atoms with Gasteiger partial charge in [-0.05, 0) is 67.6 Å². The minimum absolute atomic E-state index is 0.0761. The fourth-order valence-electron chi connectivity index (χ4n) is 4.11. The Morgan fingerprint density at radius 1 is 1.16 bits per heavy atom. The summed E-state index contributed by atoms with van der Waals surface area (Å²) < 4.78 is 28.8. The van der Waals surface area contributed by atoms with E-state index in [1.807, 2.05) is 0 Å². The maximum atomic E-state index is 13.6. The van der Waals surface area contributed by atoms with Gasteiger partial charge in [0.2, 0.25) is 10.0 Å². The molecule has 1 saturated carbocycles. The van der Waals surface area contributed by atoms with Crippen molar-refractivity contribution >= 4 is 27.5 Å². The molecular weight excluding hydrogens is 448 g/mol. The molecule has 0 heterocycles. The smallest absolute Gasteiger partial charge is 0.251 e. The molecule has 1 fully saturated rings. The molecular formula is C24H31ClN2O4S. The highest BCUT2D eigenvalue weighted by atomic mass is 35.5. The minimum atomic E-state index is -3.72. The van der Waals surface area contributed by atoms with Gasteiger partial charge in [0.25, 0.3) is 5.91 Å². The lowest BCUT2D eigenvalue weighted by molar-refractivity contribution is 0.0922. The van der Waals surface area contributed by atoms with Gasteiger partial charge in [0.05, 0.1) is 11.5 Å². The van der Waals surface area contributed by atoms with Gasteiger partial charge in [-0.1, -0.05) is 43.5 Å². The van der Waals surface area contributed by atoms with Crippen LogP contribution in [-0.4, -0.2) is 42.4 Å². The van der Waals surface area contributed by atoms with E-state index in [0.717, 1.165) is 31.2 Å². The fourth-order valence-corrected chi connectivity index (χ4v) is 5.89. The summed E-state index contributed by atoms with van der Waals surface area (Å²) >= 11 is 5.96. The minimum Gasteiger partial charge on any atom is -0.394 e. The van der Waals surface area contributed by atoms with E-state index in [1.54, 1.807) is 59.8 Å². The van der Waals surface area contributed by atoms with E-state index in [2.05, 4.69) is 12.2 Å². The highest BCUT2D eigenvalue weighted by molar-refractivity contribution is 7.89. The Balaban J connectivity index is 1.86. The second-order valence-electron chi connectivity index (χ2n) is 8.68. The first-order chi connectivity index (χ1) is 15.2. The van der Waals surface area contributed by atoms with Crippen molar-refractivity contribution in [3.05, 3.63) is 64.7 Å². The van der Waals surface area contributed by atoms with Gasteiger partial charge < -0.3 is 10.4 Å². The molecule has 6 nitrogen and oxygen atoms in total. The van der Waals surface area contributed by atoms with Gasteiger partial charge in [0.1, 0.15) is 0 Å². The second kappa shape index (κ2) is 10.8. The highest BCUT2D eigenvalue weighted by Gasteiger charge is 2.34. The van der Waals surface area contributed by atoms with Crippen LogP contribution in [0.1, 0.15) is 55.5 Å². The summed E-state index contributed by atoms with van der Waals surface area (Å²) in [6.45, 7) is 3.98. The van der Waals surface area contributed by atoms with Gasteiger partial charge >= 0.3 is 0 Å². The Morgan fingerprint density at radius 3 is 2.41 bits per heavy atom. The van der Waals surface area contributed by atoms with Crippen molar-refractivity contribution in [2.24, 2.45) is 5.92 Å². The van der Waals surface area contributed by atoms with Crippen LogP contribution in [0.15, 0.2) is 53.4 Å².